The summed E-state index contributed by atoms with van der Waals surface area (Å²) < 4.78 is 33.9. The Balaban J connectivity index is 1.11. The summed E-state index contributed by atoms with van der Waals surface area (Å²) in [5, 5.41) is 3.59. The van der Waals surface area contributed by atoms with E-state index < -0.39 is 11.9 Å². The first kappa shape index (κ1) is 35.8. The van der Waals surface area contributed by atoms with E-state index in [1.807, 2.05) is 60.7 Å². The number of rotatable bonds is 14. The van der Waals surface area contributed by atoms with Crippen molar-refractivity contribution in [3.63, 3.8) is 0 Å². The highest BCUT2D eigenvalue weighted by molar-refractivity contribution is 6.24. The van der Waals surface area contributed by atoms with Crippen molar-refractivity contribution in [3.05, 3.63) is 103 Å². The predicted octanol–water partition coefficient (Wildman–Crippen LogP) is 8.54. The Morgan fingerprint density at radius 3 is 2.11 bits per heavy atom. The third kappa shape index (κ3) is 8.40. The van der Waals surface area contributed by atoms with Gasteiger partial charge in [0.2, 0.25) is 0 Å². The van der Waals surface area contributed by atoms with E-state index in [1.54, 1.807) is 25.3 Å². The zero-order chi connectivity index (χ0) is 36.7. The number of fused-ring (bicyclic) bond motifs is 7. The number of ether oxygens (including phenoxy) is 6. The SMILES string of the molecule is C=CC(=O)OCCOCCOc1ccc2nc3c4cc(OC(=O)c5ccc(COC6CCC(C)CC6)cc5)ccc4c4ccc(OC)cc4c3nc2c1. The Morgan fingerprint density at radius 1 is 0.736 bits per heavy atom. The number of esters is 2. The van der Waals surface area contributed by atoms with Crippen LogP contribution in [0.4, 0.5) is 0 Å². The maximum Gasteiger partial charge on any atom is 0.343 e. The fraction of sp³-hybridized carbons (Fsp3) is 0.302. The van der Waals surface area contributed by atoms with Crippen LogP contribution in [0.2, 0.25) is 0 Å². The van der Waals surface area contributed by atoms with Crippen LogP contribution in [0.3, 0.4) is 0 Å². The summed E-state index contributed by atoms with van der Waals surface area (Å²) in [7, 11) is 1.63. The molecule has 0 aliphatic heterocycles. The second kappa shape index (κ2) is 16.4. The lowest BCUT2D eigenvalue weighted by molar-refractivity contribution is -0.139. The Bertz CT molecular complexity index is 2280. The Kier molecular flexibility index (Phi) is 11.1. The van der Waals surface area contributed by atoms with Crippen LogP contribution in [-0.4, -0.2) is 61.5 Å². The molecular formula is C43H42N2O8. The number of benzene rings is 5. The molecule has 0 amide bonds. The standard InChI is InChI=1S/C43H42N2O8/c1-4-40(46)51-22-20-49-19-21-50-32-15-18-38-39(25-32)45-42-36-23-31(48-3)13-16-34(36)35-17-14-33(24-37(35)41(42)44-38)53-43(47)29-9-7-28(8-10-29)26-52-30-11-5-27(2)6-12-30/h4,7-10,13-18,23-25,27,30H,1,5-6,11-12,19-22,26H2,2-3H3. The molecule has 10 nitrogen and oxygen atoms in total. The Hall–Kier alpha value is -5.58. The van der Waals surface area contributed by atoms with Gasteiger partial charge in [0.25, 0.3) is 0 Å². The lowest BCUT2D eigenvalue weighted by Crippen LogP contribution is -2.20. The average molecular weight is 715 g/mol. The van der Waals surface area contributed by atoms with Gasteiger partial charge in [-0.05, 0) is 109 Å². The molecule has 53 heavy (non-hydrogen) atoms. The summed E-state index contributed by atoms with van der Waals surface area (Å²) in [6.45, 7) is 7.21. The predicted molar refractivity (Wildman–Crippen MR) is 204 cm³/mol. The van der Waals surface area contributed by atoms with Gasteiger partial charge in [-0.1, -0.05) is 25.6 Å². The lowest BCUT2D eigenvalue weighted by atomic mass is 9.89. The molecular weight excluding hydrogens is 672 g/mol. The smallest absolute Gasteiger partial charge is 0.343 e. The molecule has 1 aliphatic rings. The molecule has 10 heteroatoms. The molecule has 7 rings (SSSR count). The molecule has 6 aromatic rings. The summed E-state index contributed by atoms with van der Waals surface area (Å²) in [5.41, 5.74) is 4.17. The van der Waals surface area contributed by atoms with E-state index in [-0.39, 0.29) is 13.2 Å². The van der Waals surface area contributed by atoms with Gasteiger partial charge in [0.15, 0.2) is 0 Å². The minimum atomic E-state index is -0.486. The van der Waals surface area contributed by atoms with E-state index in [0.29, 0.717) is 70.8 Å². The molecule has 0 saturated heterocycles. The van der Waals surface area contributed by atoms with Crippen LogP contribution >= 0.6 is 0 Å². The molecule has 1 fully saturated rings. The van der Waals surface area contributed by atoms with E-state index in [9.17, 15) is 9.59 Å². The van der Waals surface area contributed by atoms with Crippen molar-refractivity contribution in [2.24, 2.45) is 5.92 Å². The summed E-state index contributed by atoms with van der Waals surface area (Å²) in [6, 6.07) is 24.4. The van der Waals surface area contributed by atoms with Crippen molar-refractivity contribution in [1.82, 2.24) is 9.97 Å². The van der Waals surface area contributed by atoms with Crippen molar-refractivity contribution in [2.75, 3.05) is 33.5 Å². The number of carbonyl (C=O) groups excluding carboxylic acids is 2. The fourth-order valence-electron chi connectivity index (χ4n) is 6.69. The second-order valence-electron chi connectivity index (χ2n) is 13.3. The van der Waals surface area contributed by atoms with Gasteiger partial charge in [-0.25, -0.2) is 19.6 Å². The summed E-state index contributed by atoms with van der Waals surface area (Å²) in [5.74, 6) is 1.56. The van der Waals surface area contributed by atoms with Gasteiger partial charge in [0, 0.05) is 22.9 Å². The highest BCUT2D eigenvalue weighted by Crippen LogP contribution is 2.38. The molecule has 1 aliphatic carbocycles. The first-order valence-corrected chi connectivity index (χ1v) is 18.0. The van der Waals surface area contributed by atoms with E-state index in [0.717, 1.165) is 51.9 Å². The Morgan fingerprint density at radius 2 is 1.40 bits per heavy atom. The normalized spacial score (nSPS) is 15.8. The van der Waals surface area contributed by atoms with Gasteiger partial charge in [0.1, 0.15) is 30.5 Å². The lowest BCUT2D eigenvalue weighted by Gasteiger charge is -2.26. The van der Waals surface area contributed by atoms with Gasteiger partial charge >= 0.3 is 11.9 Å². The quantitative estimate of drug-likeness (QED) is 0.0272. The summed E-state index contributed by atoms with van der Waals surface area (Å²) >= 11 is 0. The van der Waals surface area contributed by atoms with Crippen LogP contribution in [0.1, 0.15) is 48.5 Å². The van der Waals surface area contributed by atoms with Crippen molar-refractivity contribution in [1.29, 1.82) is 0 Å². The highest BCUT2D eigenvalue weighted by atomic mass is 16.6. The minimum absolute atomic E-state index is 0.144. The molecule has 0 unspecified atom stereocenters. The maximum absolute atomic E-state index is 13.3. The van der Waals surface area contributed by atoms with Crippen molar-refractivity contribution in [2.45, 2.75) is 45.3 Å². The molecule has 5 aromatic carbocycles. The van der Waals surface area contributed by atoms with Crippen LogP contribution in [0.5, 0.6) is 17.2 Å². The maximum atomic E-state index is 13.3. The molecule has 0 spiro atoms. The molecule has 0 N–H and O–H groups in total. The van der Waals surface area contributed by atoms with Crippen molar-refractivity contribution in [3.8, 4) is 17.2 Å². The summed E-state index contributed by atoms with van der Waals surface area (Å²) in [6.07, 6.45) is 6.05. The molecule has 1 heterocycles. The molecule has 1 aromatic heterocycles. The van der Waals surface area contributed by atoms with Gasteiger partial charge in [-0.2, -0.15) is 0 Å². The molecule has 1 saturated carbocycles. The monoisotopic (exact) mass is 714 g/mol. The fourth-order valence-corrected chi connectivity index (χ4v) is 6.69. The van der Waals surface area contributed by atoms with Crippen LogP contribution in [0, 0.1) is 5.92 Å². The number of hydrogen-bond acceptors (Lipinski definition) is 10. The first-order valence-electron chi connectivity index (χ1n) is 18.0. The number of methoxy groups -OCH3 is 1. The topological polar surface area (TPSA) is 115 Å². The summed E-state index contributed by atoms with van der Waals surface area (Å²) in [4.78, 5) is 34.6. The third-order valence-electron chi connectivity index (χ3n) is 9.64. The first-order chi connectivity index (χ1) is 25.9. The Labute approximate surface area is 307 Å². The second-order valence-corrected chi connectivity index (χ2v) is 13.3. The van der Waals surface area contributed by atoms with Gasteiger partial charge in [-0.15, -0.1) is 0 Å². The third-order valence-corrected chi connectivity index (χ3v) is 9.64. The van der Waals surface area contributed by atoms with Crippen LogP contribution in [0.15, 0.2) is 91.5 Å². The van der Waals surface area contributed by atoms with E-state index in [4.69, 9.17) is 38.4 Å². The van der Waals surface area contributed by atoms with E-state index >= 15 is 0 Å². The minimum Gasteiger partial charge on any atom is -0.497 e. The number of nitrogens with zero attached hydrogens (tertiary/aromatic N) is 2. The zero-order valence-electron chi connectivity index (χ0n) is 30.0. The highest BCUT2D eigenvalue weighted by Gasteiger charge is 2.19. The molecule has 272 valence electrons. The van der Waals surface area contributed by atoms with E-state index in [2.05, 4.69) is 13.5 Å². The van der Waals surface area contributed by atoms with Crippen molar-refractivity contribution >= 4 is 55.6 Å². The van der Waals surface area contributed by atoms with Gasteiger partial charge in [-0.3, -0.25) is 0 Å². The van der Waals surface area contributed by atoms with Crippen LogP contribution < -0.4 is 14.2 Å². The number of hydrogen-bond donors (Lipinski definition) is 0. The molecule has 0 atom stereocenters. The van der Waals surface area contributed by atoms with Gasteiger partial charge in [0.05, 0.1) is 60.7 Å². The largest absolute Gasteiger partial charge is 0.497 e. The van der Waals surface area contributed by atoms with Crippen molar-refractivity contribution < 1.29 is 38.0 Å². The zero-order valence-corrected chi connectivity index (χ0v) is 30.0. The van der Waals surface area contributed by atoms with Crippen LogP contribution in [-0.2, 0) is 25.6 Å². The van der Waals surface area contributed by atoms with Crippen LogP contribution in [0.25, 0.3) is 43.6 Å². The number of carbonyl (C=O) groups is 2. The molecule has 0 bridgehead atoms. The molecule has 0 radical (unpaired) electrons. The number of aromatic nitrogens is 2. The average Bonchev–Trinajstić information content (AvgIpc) is 3.19. The van der Waals surface area contributed by atoms with Gasteiger partial charge < -0.3 is 28.4 Å². The van der Waals surface area contributed by atoms with E-state index in [1.165, 1.54) is 12.8 Å².